The predicted octanol–water partition coefficient (Wildman–Crippen LogP) is 3.78. The number of sulfonamides is 1. The lowest BCUT2D eigenvalue weighted by molar-refractivity contribution is 0.373. The van der Waals surface area contributed by atoms with E-state index in [0.717, 1.165) is 18.4 Å². The largest absolute Gasteiger partial charge is 0.456 e. The van der Waals surface area contributed by atoms with Gasteiger partial charge in [0.1, 0.15) is 16.4 Å². The third kappa shape index (κ3) is 2.74. The van der Waals surface area contributed by atoms with E-state index in [1.807, 2.05) is 24.3 Å². The Morgan fingerprint density at radius 3 is 2.50 bits per heavy atom. The smallest absolute Gasteiger partial charge is 0.247 e. The van der Waals surface area contributed by atoms with Crippen LogP contribution >= 0.6 is 0 Å². The first-order chi connectivity index (χ1) is 10.6. The Bertz CT molecular complexity index is 771. The summed E-state index contributed by atoms with van der Waals surface area (Å²) in [5.41, 5.74) is 0.886. The molecule has 0 saturated carbocycles. The topological polar surface area (TPSA) is 46.6 Å². The fourth-order valence-corrected chi connectivity index (χ4v) is 4.12. The zero-order valence-corrected chi connectivity index (χ0v) is 13.3. The maximum absolute atomic E-state index is 12.9. The van der Waals surface area contributed by atoms with Crippen LogP contribution in [0.2, 0.25) is 0 Å². The SMILES string of the molecule is CCCCN1Cc2ccccc2Oc2ccccc2S1(=O)=O. The minimum absolute atomic E-state index is 0.237. The van der Waals surface area contributed by atoms with Crippen LogP contribution in [0.4, 0.5) is 0 Å². The van der Waals surface area contributed by atoms with Crippen LogP contribution in [0.3, 0.4) is 0 Å². The molecular weight excluding hydrogens is 298 g/mol. The maximum atomic E-state index is 12.9. The lowest BCUT2D eigenvalue weighted by Gasteiger charge is -2.27. The van der Waals surface area contributed by atoms with E-state index in [9.17, 15) is 8.42 Å². The molecule has 2 aromatic carbocycles. The summed E-state index contributed by atoms with van der Waals surface area (Å²) in [7, 11) is -3.55. The molecule has 0 fully saturated rings. The van der Waals surface area contributed by atoms with Crippen LogP contribution in [-0.4, -0.2) is 19.3 Å². The maximum Gasteiger partial charge on any atom is 0.247 e. The van der Waals surface area contributed by atoms with Crippen LogP contribution in [0.5, 0.6) is 11.5 Å². The van der Waals surface area contributed by atoms with Crippen molar-refractivity contribution in [3.63, 3.8) is 0 Å². The number of ether oxygens (including phenoxy) is 1. The standard InChI is InChI=1S/C17H19NO3S/c1-2-3-12-18-13-14-8-4-5-9-15(14)21-16-10-6-7-11-17(16)22(18,19)20/h4-11H,2-3,12-13H2,1H3. The van der Waals surface area contributed by atoms with E-state index in [4.69, 9.17) is 4.74 Å². The fraction of sp³-hybridized carbons (Fsp3) is 0.294. The number of para-hydroxylation sites is 2. The molecule has 0 saturated heterocycles. The van der Waals surface area contributed by atoms with Crippen molar-refractivity contribution in [1.29, 1.82) is 0 Å². The average Bonchev–Trinajstić information content (AvgIpc) is 2.52. The van der Waals surface area contributed by atoms with Crippen molar-refractivity contribution in [1.82, 2.24) is 4.31 Å². The van der Waals surface area contributed by atoms with E-state index in [1.165, 1.54) is 0 Å². The van der Waals surface area contributed by atoms with Gasteiger partial charge in [0.05, 0.1) is 0 Å². The van der Waals surface area contributed by atoms with E-state index < -0.39 is 10.0 Å². The van der Waals surface area contributed by atoms with E-state index >= 15 is 0 Å². The van der Waals surface area contributed by atoms with Gasteiger partial charge in [0.2, 0.25) is 10.0 Å². The summed E-state index contributed by atoms with van der Waals surface area (Å²) in [4.78, 5) is 0.237. The number of benzene rings is 2. The van der Waals surface area contributed by atoms with Crippen LogP contribution < -0.4 is 4.74 Å². The molecule has 0 spiro atoms. The minimum atomic E-state index is -3.55. The summed E-state index contributed by atoms with van der Waals surface area (Å²) in [6, 6.07) is 14.4. The van der Waals surface area contributed by atoms with Crippen LogP contribution in [0.1, 0.15) is 25.3 Å². The van der Waals surface area contributed by atoms with E-state index in [-0.39, 0.29) is 4.90 Å². The molecule has 3 rings (SSSR count). The zero-order chi connectivity index (χ0) is 15.6. The third-order valence-electron chi connectivity index (χ3n) is 3.77. The van der Waals surface area contributed by atoms with Gasteiger partial charge in [-0.3, -0.25) is 0 Å². The first-order valence-electron chi connectivity index (χ1n) is 7.48. The molecule has 4 nitrogen and oxygen atoms in total. The lowest BCUT2D eigenvalue weighted by atomic mass is 10.2. The Morgan fingerprint density at radius 2 is 1.73 bits per heavy atom. The molecule has 0 N–H and O–H groups in total. The second kappa shape index (κ2) is 6.10. The van der Waals surface area contributed by atoms with Gasteiger partial charge in [-0.05, 0) is 24.6 Å². The van der Waals surface area contributed by atoms with E-state index in [0.29, 0.717) is 24.6 Å². The number of fused-ring (bicyclic) bond motifs is 2. The first kappa shape index (κ1) is 15.1. The molecule has 22 heavy (non-hydrogen) atoms. The second-order valence-corrected chi connectivity index (χ2v) is 7.26. The number of hydrogen-bond acceptors (Lipinski definition) is 3. The average molecular weight is 317 g/mol. The normalized spacial score (nSPS) is 16.8. The van der Waals surface area contributed by atoms with Crippen molar-refractivity contribution in [2.24, 2.45) is 0 Å². The number of unbranched alkanes of at least 4 members (excludes halogenated alkanes) is 1. The Labute approximate surface area is 131 Å². The van der Waals surface area contributed by atoms with Gasteiger partial charge < -0.3 is 4.74 Å². The minimum Gasteiger partial charge on any atom is -0.456 e. The molecule has 116 valence electrons. The van der Waals surface area contributed by atoms with Gasteiger partial charge in [-0.1, -0.05) is 43.7 Å². The molecule has 0 bridgehead atoms. The second-order valence-electron chi connectivity index (χ2n) is 5.35. The Kier molecular flexibility index (Phi) is 4.18. The highest BCUT2D eigenvalue weighted by Crippen LogP contribution is 2.36. The molecule has 0 aliphatic carbocycles. The van der Waals surface area contributed by atoms with Crippen molar-refractivity contribution in [2.75, 3.05) is 6.54 Å². The molecule has 5 heteroatoms. The number of rotatable bonds is 3. The van der Waals surface area contributed by atoms with Gasteiger partial charge in [0.25, 0.3) is 0 Å². The van der Waals surface area contributed by atoms with Crippen molar-refractivity contribution in [3.05, 3.63) is 54.1 Å². The Balaban J connectivity index is 2.14. The van der Waals surface area contributed by atoms with Crippen molar-refractivity contribution in [2.45, 2.75) is 31.2 Å². The zero-order valence-electron chi connectivity index (χ0n) is 12.5. The molecule has 0 radical (unpaired) electrons. The summed E-state index contributed by atoms with van der Waals surface area (Å²) in [6.45, 7) is 2.91. The van der Waals surface area contributed by atoms with Gasteiger partial charge in [-0.15, -0.1) is 0 Å². The summed E-state index contributed by atoms with van der Waals surface area (Å²) in [5, 5.41) is 0. The molecule has 0 amide bonds. The van der Waals surface area contributed by atoms with Crippen molar-refractivity contribution < 1.29 is 13.2 Å². The van der Waals surface area contributed by atoms with Crippen LogP contribution in [0, 0.1) is 0 Å². The molecule has 1 aliphatic rings. The highest BCUT2D eigenvalue weighted by molar-refractivity contribution is 7.89. The highest BCUT2D eigenvalue weighted by atomic mass is 32.2. The molecule has 2 aromatic rings. The van der Waals surface area contributed by atoms with Crippen LogP contribution in [-0.2, 0) is 16.6 Å². The quantitative estimate of drug-likeness (QED) is 0.865. The monoisotopic (exact) mass is 317 g/mol. The fourth-order valence-electron chi connectivity index (χ4n) is 2.55. The predicted molar refractivity (Wildman–Crippen MR) is 85.5 cm³/mol. The molecule has 0 aromatic heterocycles. The summed E-state index contributed by atoms with van der Waals surface area (Å²) >= 11 is 0. The molecule has 0 unspecified atom stereocenters. The van der Waals surface area contributed by atoms with Gasteiger partial charge in [-0.25, -0.2) is 8.42 Å². The van der Waals surface area contributed by atoms with Gasteiger partial charge in [0, 0.05) is 18.7 Å². The highest BCUT2D eigenvalue weighted by Gasteiger charge is 2.30. The first-order valence-corrected chi connectivity index (χ1v) is 8.92. The summed E-state index contributed by atoms with van der Waals surface area (Å²) in [6.07, 6.45) is 1.79. The van der Waals surface area contributed by atoms with Crippen LogP contribution in [0.15, 0.2) is 53.4 Å². The van der Waals surface area contributed by atoms with Crippen molar-refractivity contribution in [3.8, 4) is 11.5 Å². The Morgan fingerprint density at radius 1 is 1.05 bits per heavy atom. The number of nitrogens with zero attached hydrogens (tertiary/aromatic N) is 1. The third-order valence-corrected chi connectivity index (χ3v) is 5.65. The van der Waals surface area contributed by atoms with E-state index in [2.05, 4.69) is 6.92 Å². The van der Waals surface area contributed by atoms with Gasteiger partial charge >= 0.3 is 0 Å². The van der Waals surface area contributed by atoms with Gasteiger partial charge in [0.15, 0.2) is 0 Å². The Hall–Kier alpha value is -1.85. The molecule has 1 aliphatic heterocycles. The summed E-state index contributed by atoms with van der Waals surface area (Å²) < 4.78 is 33.3. The van der Waals surface area contributed by atoms with Crippen molar-refractivity contribution >= 4 is 10.0 Å². The molecule has 0 atom stereocenters. The molecular formula is C17H19NO3S. The molecule has 1 heterocycles. The van der Waals surface area contributed by atoms with E-state index in [1.54, 1.807) is 28.6 Å². The van der Waals surface area contributed by atoms with Crippen LogP contribution in [0.25, 0.3) is 0 Å². The van der Waals surface area contributed by atoms with Gasteiger partial charge in [-0.2, -0.15) is 4.31 Å². The lowest BCUT2D eigenvalue weighted by Crippen LogP contribution is -2.33. The summed E-state index contributed by atoms with van der Waals surface area (Å²) in [5.74, 6) is 1.10. The number of hydrogen-bond donors (Lipinski definition) is 0.